The Balaban J connectivity index is 2.36. The minimum atomic E-state index is -0.286. The Bertz CT molecular complexity index is 571. The van der Waals surface area contributed by atoms with Crippen molar-refractivity contribution in [3.63, 3.8) is 0 Å². The first-order valence-electron chi connectivity index (χ1n) is 5.14. The molecule has 0 saturated heterocycles. The minimum Gasteiger partial charge on any atom is -0.423 e. The summed E-state index contributed by atoms with van der Waals surface area (Å²) < 4.78 is 5.14. The largest absolute Gasteiger partial charge is 0.423 e. The van der Waals surface area contributed by atoms with E-state index in [2.05, 4.69) is 5.32 Å². The van der Waals surface area contributed by atoms with Gasteiger partial charge in [0.25, 0.3) is 0 Å². The van der Waals surface area contributed by atoms with Crippen LogP contribution in [0.15, 0.2) is 33.5 Å². The average molecular weight is 201 g/mol. The summed E-state index contributed by atoms with van der Waals surface area (Å²) in [5.41, 5.74) is 2.83. The molecule has 1 N–H and O–H groups in total. The lowest BCUT2D eigenvalue weighted by atomic mass is 9.99. The predicted octanol–water partition coefficient (Wildman–Crippen LogP) is 2.15. The van der Waals surface area contributed by atoms with Gasteiger partial charge in [0.05, 0.1) is 0 Å². The van der Waals surface area contributed by atoms with E-state index in [0.717, 1.165) is 24.8 Å². The molecule has 0 fully saturated rings. The summed E-state index contributed by atoms with van der Waals surface area (Å²) in [7, 11) is 0. The van der Waals surface area contributed by atoms with Crippen molar-refractivity contribution in [2.24, 2.45) is 0 Å². The molecule has 1 aliphatic rings. The van der Waals surface area contributed by atoms with Gasteiger partial charge in [-0.1, -0.05) is 0 Å². The van der Waals surface area contributed by atoms with Crippen molar-refractivity contribution < 1.29 is 4.42 Å². The van der Waals surface area contributed by atoms with Gasteiger partial charge >= 0.3 is 5.63 Å². The van der Waals surface area contributed by atoms with E-state index in [4.69, 9.17) is 4.42 Å². The van der Waals surface area contributed by atoms with Crippen LogP contribution in [0.3, 0.4) is 0 Å². The van der Waals surface area contributed by atoms with Crippen LogP contribution in [0.2, 0.25) is 0 Å². The van der Waals surface area contributed by atoms with Crippen LogP contribution in [0.4, 0.5) is 5.69 Å². The Morgan fingerprint density at radius 1 is 1.20 bits per heavy atom. The molecular formula is C12H11NO2. The summed E-state index contributed by atoms with van der Waals surface area (Å²) >= 11 is 0. The van der Waals surface area contributed by atoms with Crippen LogP contribution < -0.4 is 10.9 Å². The molecule has 0 spiro atoms. The van der Waals surface area contributed by atoms with E-state index in [1.54, 1.807) is 0 Å². The van der Waals surface area contributed by atoms with Gasteiger partial charge in [-0.2, -0.15) is 0 Å². The average Bonchev–Trinajstić information content (AvgIpc) is 2.28. The summed E-state index contributed by atoms with van der Waals surface area (Å²) in [6.07, 6.45) is 2.18. The number of nitrogens with one attached hydrogen (secondary N) is 1. The number of hydrogen-bond acceptors (Lipinski definition) is 3. The topological polar surface area (TPSA) is 42.2 Å². The summed E-state index contributed by atoms with van der Waals surface area (Å²) in [5.74, 6) is 0. The molecule has 0 aliphatic carbocycles. The third-order valence-corrected chi connectivity index (χ3v) is 2.83. The third kappa shape index (κ3) is 1.31. The standard InChI is InChI=1S/C12H11NO2/c14-12-6-3-9-8-2-1-7-13-10(8)4-5-11(9)15-12/h3-6,13H,1-2,7H2. The van der Waals surface area contributed by atoms with E-state index < -0.39 is 0 Å². The fourth-order valence-electron chi connectivity index (χ4n) is 2.13. The molecule has 15 heavy (non-hydrogen) atoms. The molecule has 3 nitrogen and oxygen atoms in total. The van der Waals surface area contributed by atoms with Gasteiger partial charge in [-0.05, 0) is 36.6 Å². The smallest absolute Gasteiger partial charge is 0.336 e. The number of benzene rings is 1. The highest BCUT2D eigenvalue weighted by Gasteiger charge is 2.12. The van der Waals surface area contributed by atoms with Gasteiger partial charge in [0.15, 0.2) is 0 Å². The van der Waals surface area contributed by atoms with Crippen molar-refractivity contribution in [2.45, 2.75) is 12.8 Å². The molecule has 0 amide bonds. The fraction of sp³-hybridized carbons (Fsp3) is 0.250. The molecule has 0 unspecified atom stereocenters. The zero-order valence-electron chi connectivity index (χ0n) is 8.25. The maximum Gasteiger partial charge on any atom is 0.336 e. The number of anilines is 1. The molecular weight excluding hydrogens is 190 g/mol. The molecule has 3 rings (SSSR count). The zero-order chi connectivity index (χ0) is 10.3. The van der Waals surface area contributed by atoms with Crippen LogP contribution in [0.25, 0.3) is 11.0 Å². The van der Waals surface area contributed by atoms with Crippen molar-refractivity contribution in [3.8, 4) is 0 Å². The highest BCUT2D eigenvalue weighted by atomic mass is 16.4. The molecule has 1 aliphatic heterocycles. The van der Waals surface area contributed by atoms with E-state index in [-0.39, 0.29) is 5.63 Å². The molecule has 76 valence electrons. The van der Waals surface area contributed by atoms with Crippen LogP contribution in [-0.2, 0) is 6.42 Å². The molecule has 2 aromatic rings. The van der Waals surface area contributed by atoms with E-state index >= 15 is 0 Å². The van der Waals surface area contributed by atoms with Gasteiger partial charge in [-0.15, -0.1) is 0 Å². The second kappa shape index (κ2) is 3.12. The van der Waals surface area contributed by atoms with Crippen molar-refractivity contribution in [2.75, 3.05) is 11.9 Å². The van der Waals surface area contributed by atoms with Gasteiger partial charge < -0.3 is 9.73 Å². The summed E-state index contributed by atoms with van der Waals surface area (Å²) in [4.78, 5) is 11.1. The maximum absolute atomic E-state index is 11.1. The van der Waals surface area contributed by atoms with Crippen LogP contribution >= 0.6 is 0 Å². The first-order chi connectivity index (χ1) is 7.34. The van der Waals surface area contributed by atoms with E-state index in [9.17, 15) is 4.79 Å². The maximum atomic E-state index is 11.1. The number of rotatable bonds is 0. The van der Waals surface area contributed by atoms with Crippen molar-refractivity contribution in [1.29, 1.82) is 0 Å². The van der Waals surface area contributed by atoms with Crippen LogP contribution in [0.5, 0.6) is 0 Å². The molecule has 1 aromatic heterocycles. The second-order valence-electron chi connectivity index (χ2n) is 3.79. The highest BCUT2D eigenvalue weighted by Crippen LogP contribution is 2.28. The summed E-state index contributed by atoms with van der Waals surface area (Å²) in [5, 5.41) is 4.40. The number of aryl methyl sites for hydroxylation is 1. The van der Waals surface area contributed by atoms with Gasteiger partial charge in [0, 0.05) is 23.7 Å². The quantitative estimate of drug-likeness (QED) is 0.664. The highest BCUT2D eigenvalue weighted by molar-refractivity contribution is 5.86. The normalized spacial score (nSPS) is 14.7. The summed E-state index contributed by atoms with van der Waals surface area (Å²) in [6, 6.07) is 7.18. The molecule has 1 aromatic carbocycles. The lowest BCUT2D eigenvalue weighted by Gasteiger charge is -2.18. The monoisotopic (exact) mass is 201 g/mol. The third-order valence-electron chi connectivity index (χ3n) is 2.83. The van der Waals surface area contributed by atoms with Gasteiger partial charge in [-0.25, -0.2) is 4.79 Å². The van der Waals surface area contributed by atoms with Crippen LogP contribution in [0.1, 0.15) is 12.0 Å². The first-order valence-corrected chi connectivity index (χ1v) is 5.14. The molecule has 0 radical (unpaired) electrons. The van der Waals surface area contributed by atoms with E-state index in [1.165, 1.54) is 17.3 Å². The number of hydrogen-bond donors (Lipinski definition) is 1. The van der Waals surface area contributed by atoms with Crippen molar-refractivity contribution in [3.05, 3.63) is 40.2 Å². The Kier molecular flexibility index (Phi) is 1.78. The Hall–Kier alpha value is -1.77. The minimum absolute atomic E-state index is 0.286. The molecule has 3 heteroatoms. The number of fused-ring (bicyclic) bond motifs is 3. The van der Waals surface area contributed by atoms with Gasteiger partial charge in [-0.3, -0.25) is 0 Å². The van der Waals surface area contributed by atoms with Crippen molar-refractivity contribution >= 4 is 16.7 Å². The predicted molar refractivity (Wildman–Crippen MR) is 59.3 cm³/mol. The lowest BCUT2D eigenvalue weighted by Crippen LogP contribution is -2.12. The molecule has 0 saturated carbocycles. The first kappa shape index (κ1) is 8.53. The van der Waals surface area contributed by atoms with Crippen LogP contribution in [-0.4, -0.2) is 6.54 Å². The lowest BCUT2D eigenvalue weighted by molar-refractivity contribution is 0.560. The molecule has 0 bridgehead atoms. The molecule has 2 heterocycles. The van der Waals surface area contributed by atoms with Gasteiger partial charge in [0.2, 0.25) is 0 Å². The van der Waals surface area contributed by atoms with Crippen molar-refractivity contribution in [1.82, 2.24) is 0 Å². The Morgan fingerprint density at radius 2 is 2.13 bits per heavy atom. The Morgan fingerprint density at radius 3 is 3.07 bits per heavy atom. The van der Waals surface area contributed by atoms with E-state index in [1.807, 2.05) is 18.2 Å². The van der Waals surface area contributed by atoms with Gasteiger partial charge in [0.1, 0.15) is 5.58 Å². The Labute approximate surface area is 86.7 Å². The zero-order valence-corrected chi connectivity index (χ0v) is 8.25. The SMILES string of the molecule is O=c1ccc2c3c(ccc2o1)NCCC3. The van der Waals surface area contributed by atoms with E-state index in [0.29, 0.717) is 5.58 Å². The molecule has 0 atom stereocenters. The summed E-state index contributed by atoms with van der Waals surface area (Å²) in [6.45, 7) is 1.02. The second-order valence-corrected chi connectivity index (χ2v) is 3.79. The fourth-order valence-corrected chi connectivity index (χ4v) is 2.13. The van der Waals surface area contributed by atoms with Crippen LogP contribution in [0, 0.1) is 0 Å².